The van der Waals surface area contributed by atoms with Gasteiger partial charge in [-0.1, -0.05) is 42.5 Å². The molecule has 4 nitrogen and oxygen atoms in total. The minimum absolute atomic E-state index is 0.244. The number of benzene rings is 2. The molecule has 2 aromatic carbocycles. The molecule has 1 heterocycles. The molecular formula is C20H21FN4S. The predicted octanol–water partition coefficient (Wildman–Crippen LogP) is 4.17. The summed E-state index contributed by atoms with van der Waals surface area (Å²) in [6, 6.07) is 16.6. The second-order valence-electron chi connectivity index (χ2n) is 6.12. The monoisotopic (exact) mass is 368 g/mol. The van der Waals surface area contributed by atoms with Gasteiger partial charge in [0, 0.05) is 6.54 Å². The number of anilines is 1. The van der Waals surface area contributed by atoms with E-state index < -0.39 is 0 Å². The average molecular weight is 368 g/mol. The number of hydrogen-bond donors (Lipinski definition) is 2. The van der Waals surface area contributed by atoms with Crippen LogP contribution in [0.15, 0.2) is 54.6 Å². The Kier molecular flexibility index (Phi) is 5.63. The Morgan fingerprint density at radius 3 is 2.42 bits per heavy atom. The van der Waals surface area contributed by atoms with Crippen LogP contribution in [0.2, 0.25) is 0 Å². The van der Waals surface area contributed by atoms with Crippen LogP contribution in [0.1, 0.15) is 22.5 Å². The average Bonchev–Trinajstić information content (AvgIpc) is 2.89. The minimum atomic E-state index is -0.244. The van der Waals surface area contributed by atoms with Crippen LogP contribution in [0.5, 0.6) is 0 Å². The standard InChI is InChI=1S/C20H21FN4S/c1-14-19(15(2)25(24-14)13-17-6-4-3-5-7-17)23-20(26)22-12-16-8-10-18(21)11-9-16/h3-11H,12-13H2,1-2H3,(H2,22,23,26). The van der Waals surface area contributed by atoms with Gasteiger partial charge in [0.25, 0.3) is 0 Å². The zero-order valence-electron chi connectivity index (χ0n) is 14.8. The molecule has 0 aliphatic heterocycles. The zero-order valence-corrected chi connectivity index (χ0v) is 15.6. The molecule has 3 aromatic rings. The molecule has 0 fully saturated rings. The second kappa shape index (κ2) is 8.10. The first-order valence-corrected chi connectivity index (χ1v) is 8.81. The van der Waals surface area contributed by atoms with E-state index in [-0.39, 0.29) is 5.82 Å². The second-order valence-corrected chi connectivity index (χ2v) is 6.53. The van der Waals surface area contributed by atoms with E-state index in [0.717, 1.165) is 22.6 Å². The maximum Gasteiger partial charge on any atom is 0.171 e. The highest BCUT2D eigenvalue weighted by atomic mass is 32.1. The van der Waals surface area contributed by atoms with E-state index in [2.05, 4.69) is 27.9 Å². The van der Waals surface area contributed by atoms with Gasteiger partial charge >= 0.3 is 0 Å². The van der Waals surface area contributed by atoms with E-state index in [1.165, 1.54) is 17.7 Å². The summed E-state index contributed by atoms with van der Waals surface area (Å²) < 4.78 is 14.9. The molecular weight excluding hydrogens is 347 g/mol. The molecule has 0 atom stereocenters. The molecule has 0 aliphatic carbocycles. The van der Waals surface area contributed by atoms with Crippen molar-refractivity contribution in [2.75, 3.05) is 5.32 Å². The van der Waals surface area contributed by atoms with Crippen molar-refractivity contribution in [3.8, 4) is 0 Å². The summed E-state index contributed by atoms with van der Waals surface area (Å²) in [5.41, 5.74) is 4.99. The molecule has 1 aromatic heterocycles. The topological polar surface area (TPSA) is 41.9 Å². The summed E-state index contributed by atoms with van der Waals surface area (Å²) in [6.45, 7) is 5.22. The fraction of sp³-hybridized carbons (Fsp3) is 0.200. The van der Waals surface area contributed by atoms with Gasteiger partial charge in [-0.3, -0.25) is 4.68 Å². The summed E-state index contributed by atoms with van der Waals surface area (Å²) in [6.07, 6.45) is 0. The lowest BCUT2D eigenvalue weighted by atomic mass is 10.2. The van der Waals surface area contributed by atoms with Gasteiger partial charge in [0.2, 0.25) is 0 Å². The molecule has 3 rings (SSSR count). The largest absolute Gasteiger partial charge is 0.358 e. The number of thiocarbonyl (C=S) groups is 1. The van der Waals surface area contributed by atoms with Gasteiger partial charge < -0.3 is 10.6 Å². The summed E-state index contributed by atoms with van der Waals surface area (Å²) in [7, 11) is 0. The molecule has 0 amide bonds. The van der Waals surface area contributed by atoms with Crippen molar-refractivity contribution >= 4 is 23.0 Å². The summed E-state index contributed by atoms with van der Waals surface area (Å²) in [4.78, 5) is 0. The highest BCUT2D eigenvalue weighted by Gasteiger charge is 2.13. The molecule has 6 heteroatoms. The molecule has 0 aliphatic rings. The lowest BCUT2D eigenvalue weighted by Gasteiger charge is -2.11. The Morgan fingerprint density at radius 1 is 1.04 bits per heavy atom. The number of aromatic nitrogens is 2. The number of nitrogens with one attached hydrogen (secondary N) is 2. The fourth-order valence-corrected chi connectivity index (χ4v) is 2.90. The quantitative estimate of drug-likeness (QED) is 0.663. The Balaban J connectivity index is 1.63. The van der Waals surface area contributed by atoms with Gasteiger partial charge in [0.05, 0.1) is 23.6 Å². The fourth-order valence-electron chi connectivity index (χ4n) is 2.73. The van der Waals surface area contributed by atoms with Crippen LogP contribution in [0.4, 0.5) is 10.1 Å². The summed E-state index contributed by atoms with van der Waals surface area (Å²) in [5.74, 6) is -0.244. The van der Waals surface area contributed by atoms with Gasteiger partial charge in [-0.15, -0.1) is 0 Å². The first kappa shape index (κ1) is 18.1. The molecule has 26 heavy (non-hydrogen) atoms. The number of rotatable bonds is 5. The van der Waals surface area contributed by atoms with Crippen LogP contribution in [0, 0.1) is 19.7 Å². The minimum Gasteiger partial charge on any atom is -0.358 e. The predicted molar refractivity (Wildman–Crippen MR) is 107 cm³/mol. The number of halogens is 1. The molecule has 0 radical (unpaired) electrons. The number of nitrogens with zero attached hydrogens (tertiary/aromatic N) is 2. The van der Waals surface area contributed by atoms with Crippen LogP contribution in [-0.2, 0) is 13.1 Å². The van der Waals surface area contributed by atoms with Crippen molar-refractivity contribution in [2.24, 2.45) is 0 Å². The summed E-state index contributed by atoms with van der Waals surface area (Å²) >= 11 is 5.39. The molecule has 0 bridgehead atoms. The Labute approximate surface area is 158 Å². The van der Waals surface area contributed by atoms with Crippen LogP contribution in [0.3, 0.4) is 0 Å². The van der Waals surface area contributed by atoms with Gasteiger partial charge in [0.1, 0.15) is 5.82 Å². The van der Waals surface area contributed by atoms with Crippen molar-refractivity contribution in [1.29, 1.82) is 0 Å². The lowest BCUT2D eigenvalue weighted by molar-refractivity contribution is 0.627. The van der Waals surface area contributed by atoms with Gasteiger partial charge in [-0.2, -0.15) is 5.10 Å². The Morgan fingerprint density at radius 2 is 1.73 bits per heavy atom. The van der Waals surface area contributed by atoms with Crippen LogP contribution < -0.4 is 10.6 Å². The zero-order chi connectivity index (χ0) is 18.5. The van der Waals surface area contributed by atoms with Crippen molar-refractivity contribution in [3.05, 3.63) is 82.9 Å². The van der Waals surface area contributed by atoms with Gasteiger partial charge in [-0.05, 0) is 49.3 Å². The highest BCUT2D eigenvalue weighted by molar-refractivity contribution is 7.80. The molecule has 0 saturated carbocycles. The SMILES string of the molecule is Cc1nn(Cc2ccccc2)c(C)c1NC(=S)NCc1ccc(F)cc1. The van der Waals surface area contributed by atoms with Crippen LogP contribution in [-0.4, -0.2) is 14.9 Å². The molecule has 0 saturated heterocycles. The van der Waals surface area contributed by atoms with Gasteiger partial charge in [0.15, 0.2) is 5.11 Å². The van der Waals surface area contributed by atoms with E-state index in [9.17, 15) is 4.39 Å². The van der Waals surface area contributed by atoms with Crippen molar-refractivity contribution < 1.29 is 4.39 Å². The number of aryl methyl sites for hydroxylation is 1. The van der Waals surface area contributed by atoms with Crippen molar-refractivity contribution in [2.45, 2.75) is 26.9 Å². The number of hydrogen-bond acceptors (Lipinski definition) is 2. The van der Waals surface area contributed by atoms with Crippen LogP contribution >= 0.6 is 12.2 Å². The van der Waals surface area contributed by atoms with E-state index in [4.69, 9.17) is 12.2 Å². The molecule has 0 spiro atoms. The Bertz CT molecular complexity index is 888. The maximum atomic E-state index is 13.0. The maximum absolute atomic E-state index is 13.0. The van der Waals surface area contributed by atoms with Crippen molar-refractivity contribution in [1.82, 2.24) is 15.1 Å². The molecule has 134 valence electrons. The van der Waals surface area contributed by atoms with E-state index in [0.29, 0.717) is 18.2 Å². The Hall–Kier alpha value is -2.73. The van der Waals surface area contributed by atoms with Crippen molar-refractivity contribution in [3.63, 3.8) is 0 Å². The first-order chi connectivity index (χ1) is 12.5. The normalized spacial score (nSPS) is 10.6. The molecule has 0 unspecified atom stereocenters. The van der Waals surface area contributed by atoms with Crippen LogP contribution in [0.25, 0.3) is 0 Å². The molecule has 2 N–H and O–H groups in total. The third-order valence-electron chi connectivity index (χ3n) is 4.16. The smallest absolute Gasteiger partial charge is 0.171 e. The lowest BCUT2D eigenvalue weighted by Crippen LogP contribution is -2.28. The summed E-state index contributed by atoms with van der Waals surface area (Å²) in [5, 5.41) is 11.5. The third-order valence-corrected chi connectivity index (χ3v) is 4.41. The highest BCUT2D eigenvalue weighted by Crippen LogP contribution is 2.20. The van der Waals surface area contributed by atoms with E-state index in [1.54, 1.807) is 12.1 Å². The van der Waals surface area contributed by atoms with Gasteiger partial charge in [-0.25, -0.2) is 4.39 Å². The third kappa shape index (κ3) is 4.46. The van der Waals surface area contributed by atoms with E-state index >= 15 is 0 Å². The first-order valence-electron chi connectivity index (χ1n) is 8.40. The van der Waals surface area contributed by atoms with E-state index in [1.807, 2.05) is 36.7 Å².